The smallest absolute Gasteiger partial charge is 0.255 e. The number of fused-ring (bicyclic) bond motifs is 1. The van der Waals surface area contributed by atoms with Gasteiger partial charge in [-0.1, -0.05) is 18.2 Å². The molecular formula is C25H22N6O4. The molecule has 1 aromatic carbocycles. The van der Waals surface area contributed by atoms with Gasteiger partial charge in [-0.05, 0) is 43.5 Å². The summed E-state index contributed by atoms with van der Waals surface area (Å²) in [6.07, 6.45) is 3.94. The summed E-state index contributed by atoms with van der Waals surface area (Å²) < 4.78 is 6.88. The number of carbonyl (C=O) groups excluding carboxylic acids is 2. The van der Waals surface area contributed by atoms with Gasteiger partial charge in [0, 0.05) is 30.3 Å². The first-order valence-corrected chi connectivity index (χ1v) is 11.5. The van der Waals surface area contributed by atoms with Crippen LogP contribution >= 0.6 is 0 Å². The molecule has 4 aromatic rings. The molecule has 2 N–H and O–H groups in total. The molecule has 2 amide bonds. The Bertz CT molecular complexity index is 1470. The van der Waals surface area contributed by atoms with E-state index in [9.17, 15) is 14.4 Å². The molecule has 176 valence electrons. The minimum absolute atomic E-state index is 0.105. The second-order valence-electron chi connectivity index (χ2n) is 8.70. The van der Waals surface area contributed by atoms with Crippen molar-refractivity contribution in [2.75, 3.05) is 16.8 Å². The van der Waals surface area contributed by atoms with Gasteiger partial charge in [0.2, 0.25) is 17.8 Å². The maximum atomic E-state index is 13.2. The summed E-state index contributed by atoms with van der Waals surface area (Å²) in [4.78, 5) is 47.5. The zero-order valence-corrected chi connectivity index (χ0v) is 18.7. The molecule has 4 heterocycles. The Balaban J connectivity index is 1.32. The molecule has 1 atom stereocenters. The normalized spacial score (nSPS) is 17.1. The average Bonchev–Trinajstić information content (AvgIpc) is 3.65. The molecule has 1 unspecified atom stereocenters. The van der Waals surface area contributed by atoms with Gasteiger partial charge in [-0.2, -0.15) is 9.78 Å². The van der Waals surface area contributed by atoms with Crippen LogP contribution in [0.5, 0.6) is 0 Å². The highest BCUT2D eigenvalue weighted by Crippen LogP contribution is 2.28. The first-order valence-electron chi connectivity index (χ1n) is 11.5. The Morgan fingerprint density at radius 2 is 1.97 bits per heavy atom. The Hall–Kier alpha value is -4.47. The van der Waals surface area contributed by atoms with Crippen LogP contribution in [0.15, 0.2) is 64.0 Å². The highest BCUT2D eigenvalue weighted by Gasteiger charge is 2.35. The van der Waals surface area contributed by atoms with Crippen LogP contribution in [-0.4, -0.2) is 38.1 Å². The summed E-state index contributed by atoms with van der Waals surface area (Å²) in [6.45, 7) is 0.280. The molecule has 1 saturated heterocycles. The Kier molecular flexibility index (Phi) is 5.05. The van der Waals surface area contributed by atoms with E-state index in [1.54, 1.807) is 23.1 Å². The number of benzene rings is 1. The number of nitrogens with one attached hydrogen (secondary N) is 2. The van der Waals surface area contributed by atoms with Crippen LogP contribution in [-0.2, 0) is 22.4 Å². The zero-order valence-electron chi connectivity index (χ0n) is 18.7. The molecule has 10 nitrogen and oxygen atoms in total. The summed E-state index contributed by atoms with van der Waals surface area (Å²) in [6, 6.07) is 14.4. The number of furan rings is 1. The second-order valence-corrected chi connectivity index (χ2v) is 8.70. The minimum Gasteiger partial charge on any atom is -0.463 e. The summed E-state index contributed by atoms with van der Waals surface area (Å²) in [5, 5.41) is 7.44. The van der Waals surface area contributed by atoms with Crippen LogP contribution in [0.3, 0.4) is 0 Å². The molecule has 0 spiro atoms. The quantitative estimate of drug-likeness (QED) is 0.462. The van der Waals surface area contributed by atoms with E-state index >= 15 is 0 Å². The SMILES string of the molecule is O=C(Nc1cc(-c2ccco2)nn1-c1nc2c(c(=O)[nH]1)CCC2)C1CC(=O)N(c2ccccc2)C1. The lowest BCUT2D eigenvalue weighted by molar-refractivity contribution is -0.122. The first kappa shape index (κ1) is 21.1. The number of hydrogen-bond acceptors (Lipinski definition) is 6. The van der Waals surface area contributed by atoms with Gasteiger partial charge in [-0.3, -0.25) is 19.4 Å². The average molecular weight is 470 g/mol. The second kappa shape index (κ2) is 8.39. The van der Waals surface area contributed by atoms with Gasteiger partial charge in [-0.15, -0.1) is 0 Å². The van der Waals surface area contributed by atoms with Crippen LogP contribution in [0.25, 0.3) is 17.4 Å². The lowest BCUT2D eigenvalue weighted by atomic mass is 10.1. The third-order valence-electron chi connectivity index (χ3n) is 6.43. The molecule has 0 radical (unpaired) electrons. The number of aryl methyl sites for hydroxylation is 1. The zero-order chi connectivity index (χ0) is 23.9. The fourth-order valence-corrected chi connectivity index (χ4v) is 4.67. The fraction of sp³-hybridized carbons (Fsp3) is 0.240. The van der Waals surface area contributed by atoms with Crippen molar-refractivity contribution in [3.05, 3.63) is 76.4 Å². The molecule has 1 aliphatic carbocycles. The van der Waals surface area contributed by atoms with Crippen molar-refractivity contribution in [2.45, 2.75) is 25.7 Å². The van der Waals surface area contributed by atoms with Crippen molar-refractivity contribution < 1.29 is 14.0 Å². The van der Waals surface area contributed by atoms with Crippen molar-refractivity contribution >= 4 is 23.3 Å². The molecule has 6 rings (SSSR count). The van der Waals surface area contributed by atoms with E-state index in [1.807, 2.05) is 30.3 Å². The van der Waals surface area contributed by atoms with Crippen molar-refractivity contribution in [2.24, 2.45) is 5.92 Å². The van der Waals surface area contributed by atoms with Crippen LogP contribution in [0.2, 0.25) is 0 Å². The highest BCUT2D eigenvalue weighted by molar-refractivity contribution is 6.03. The summed E-state index contributed by atoms with van der Waals surface area (Å²) in [5.74, 6) is 0.0997. The molecule has 2 aliphatic rings. The van der Waals surface area contributed by atoms with Gasteiger partial charge in [0.05, 0.1) is 17.9 Å². The van der Waals surface area contributed by atoms with Gasteiger partial charge >= 0.3 is 0 Å². The van der Waals surface area contributed by atoms with Crippen LogP contribution in [0.1, 0.15) is 24.1 Å². The van der Waals surface area contributed by atoms with E-state index in [4.69, 9.17) is 4.42 Å². The van der Waals surface area contributed by atoms with Gasteiger partial charge in [0.25, 0.3) is 5.56 Å². The predicted molar refractivity (Wildman–Crippen MR) is 127 cm³/mol. The van der Waals surface area contributed by atoms with Gasteiger partial charge < -0.3 is 14.6 Å². The van der Waals surface area contributed by atoms with E-state index in [-0.39, 0.29) is 36.3 Å². The molecule has 0 saturated carbocycles. The van der Waals surface area contributed by atoms with Crippen molar-refractivity contribution in [1.29, 1.82) is 0 Å². The van der Waals surface area contributed by atoms with Gasteiger partial charge in [-0.25, -0.2) is 4.98 Å². The largest absolute Gasteiger partial charge is 0.463 e. The highest BCUT2D eigenvalue weighted by atomic mass is 16.3. The minimum atomic E-state index is -0.537. The Morgan fingerprint density at radius 3 is 2.77 bits per heavy atom. The fourth-order valence-electron chi connectivity index (χ4n) is 4.67. The summed E-state index contributed by atoms with van der Waals surface area (Å²) in [7, 11) is 0. The lowest BCUT2D eigenvalue weighted by Gasteiger charge is -2.16. The maximum Gasteiger partial charge on any atom is 0.255 e. The van der Waals surface area contributed by atoms with Crippen LogP contribution in [0, 0.1) is 5.92 Å². The number of amides is 2. The van der Waals surface area contributed by atoms with Crippen molar-refractivity contribution in [3.8, 4) is 17.4 Å². The van der Waals surface area contributed by atoms with E-state index < -0.39 is 5.92 Å². The molecule has 35 heavy (non-hydrogen) atoms. The molecule has 0 bridgehead atoms. The summed E-state index contributed by atoms with van der Waals surface area (Å²) in [5.41, 5.74) is 2.48. The number of hydrogen-bond donors (Lipinski definition) is 2. The third kappa shape index (κ3) is 3.82. The topological polar surface area (TPSA) is 126 Å². The van der Waals surface area contributed by atoms with E-state index in [0.29, 0.717) is 29.3 Å². The van der Waals surface area contributed by atoms with Crippen LogP contribution < -0.4 is 15.8 Å². The van der Waals surface area contributed by atoms with Gasteiger partial charge in [0.15, 0.2) is 5.76 Å². The molecular weight excluding hydrogens is 448 g/mol. The van der Waals surface area contributed by atoms with E-state index in [1.165, 1.54) is 10.9 Å². The number of H-pyrrole nitrogens is 1. The third-order valence-corrected chi connectivity index (χ3v) is 6.43. The Labute approximate surface area is 199 Å². The van der Waals surface area contributed by atoms with Crippen molar-refractivity contribution in [1.82, 2.24) is 19.7 Å². The Morgan fingerprint density at radius 1 is 1.11 bits per heavy atom. The first-order chi connectivity index (χ1) is 17.1. The van der Waals surface area contributed by atoms with Gasteiger partial charge in [0.1, 0.15) is 11.5 Å². The molecule has 3 aromatic heterocycles. The summed E-state index contributed by atoms with van der Waals surface area (Å²) >= 11 is 0. The number of nitrogens with zero attached hydrogens (tertiary/aromatic N) is 4. The van der Waals surface area contributed by atoms with Crippen molar-refractivity contribution in [3.63, 3.8) is 0 Å². The monoisotopic (exact) mass is 470 g/mol. The maximum absolute atomic E-state index is 13.2. The van der Waals surface area contributed by atoms with Crippen LogP contribution in [0.4, 0.5) is 11.5 Å². The molecule has 10 heteroatoms. The number of aromatic nitrogens is 4. The number of para-hydroxylation sites is 1. The molecule has 1 fully saturated rings. The number of aromatic amines is 1. The lowest BCUT2D eigenvalue weighted by Crippen LogP contribution is -2.29. The molecule has 1 aliphatic heterocycles. The number of rotatable bonds is 5. The number of anilines is 2. The predicted octanol–water partition coefficient (Wildman–Crippen LogP) is 2.70. The van der Waals surface area contributed by atoms with E-state index in [2.05, 4.69) is 20.4 Å². The number of carbonyl (C=O) groups is 2. The standard InChI is InChI=1S/C25H22N6O4/c32-22-12-15(14-30(22)16-6-2-1-3-7-16)23(33)27-21-13-19(20-10-5-11-35-20)29-31(21)25-26-18-9-4-8-17(18)24(34)28-25/h1-3,5-7,10-11,13,15H,4,8-9,12,14H2,(H,27,33)(H,26,28,34). The van der Waals surface area contributed by atoms with E-state index in [0.717, 1.165) is 24.2 Å².